The van der Waals surface area contributed by atoms with Crippen LogP contribution in [0.3, 0.4) is 0 Å². The van der Waals surface area contributed by atoms with Crippen molar-refractivity contribution in [3.63, 3.8) is 0 Å². The van der Waals surface area contributed by atoms with Gasteiger partial charge in [0.15, 0.2) is 0 Å². The molecule has 1 aliphatic rings. The van der Waals surface area contributed by atoms with E-state index in [1.165, 1.54) is 12.8 Å². The first-order valence-electron chi connectivity index (χ1n) is 8.77. The Morgan fingerprint density at radius 3 is 2.33 bits per heavy atom. The van der Waals surface area contributed by atoms with E-state index in [0.717, 1.165) is 17.9 Å². The van der Waals surface area contributed by atoms with Gasteiger partial charge in [-0.15, -0.1) is 0 Å². The zero-order valence-corrected chi connectivity index (χ0v) is 14.4. The fourth-order valence-corrected chi connectivity index (χ4v) is 3.34. The normalized spacial score (nSPS) is 23.5. The molecule has 2 aromatic carbocycles. The molecule has 0 aromatic heterocycles. The Morgan fingerprint density at radius 1 is 0.958 bits per heavy atom. The Morgan fingerprint density at radius 2 is 1.62 bits per heavy atom. The number of hydrogen-bond donors (Lipinski definition) is 1. The first kappa shape index (κ1) is 16.6. The van der Waals surface area contributed by atoms with Gasteiger partial charge in [0.05, 0.1) is 0 Å². The molecule has 3 atom stereocenters. The largest absolute Gasteiger partial charge is 0.457 e. The maximum absolute atomic E-state index is 12.5. The summed E-state index contributed by atoms with van der Waals surface area (Å²) in [7, 11) is 0. The van der Waals surface area contributed by atoms with Gasteiger partial charge in [-0.3, -0.25) is 4.79 Å². The Balaban J connectivity index is 1.61. The highest BCUT2D eigenvalue weighted by Gasteiger charge is 2.28. The first-order valence-corrected chi connectivity index (χ1v) is 8.77. The van der Waals surface area contributed by atoms with Crippen molar-refractivity contribution < 1.29 is 9.53 Å². The third-order valence-electron chi connectivity index (χ3n) is 5.12. The Labute approximate surface area is 144 Å². The van der Waals surface area contributed by atoms with E-state index in [1.54, 1.807) is 0 Å². The second kappa shape index (κ2) is 7.52. The van der Waals surface area contributed by atoms with E-state index in [-0.39, 0.29) is 11.9 Å². The molecular weight excluding hydrogens is 298 g/mol. The SMILES string of the molecule is C[C@@H]1[C@H](C)CCC[C@@H]1NC(=O)c1ccc(Oc2ccccc2)cc1. The average Bonchev–Trinajstić information content (AvgIpc) is 2.60. The van der Waals surface area contributed by atoms with Crippen molar-refractivity contribution in [2.75, 3.05) is 0 Å². The minimum atomic E-state index is 0.00668. The van der Waals surface area contributed by atoms with Crippen LogP contribution in [-0.4, -0.2) is 11.9 Å². The van der Waals surface area contributed by atoms with Crippen LogP contribution >= 0.6 is 0 Å². The molecule has 0 heterocycles. The summed E-state index contributed by atoms with van der Waals surface area (Å²) in [5.41, 5.74) is 0.681. The lowest BCUT2D eigenvalue weighted by Crippen LogP contribution is -2.43. The second-order valence-corrected chi connectivity index (χ2v) is 6.79. The highest BCUT2D eigenvalue weighted by molar-refractivity contribution is 5.94. The number of ether oxygens (including phenoxy) is 1. The molecule has 1 fully saturated rings. The van der Waals surface area contributed by atoms with Gasteiger partial charge >= 0.3 is 0 Å². The van der Waals surface area contributed by atoms with Crippen molar-refractivity contribution >= 4 is 5.91 Å². The van der Waals surface area contributed by atoms with E-state index >= 15 is 0 Å². The van der Waals surface area contributed by atoms with E-state index < -0.39 is 0 Å². The van der Waals surface area contributed by atoms with E-state index in [2.05, 4.69) is 19.2 Å². The summed E-state index contributed by atoms with van der Waals surface area (Å²) in [4.78, 5) is 12.5. The molecule has 0 saturated heterocycles. The van der Waals surface area contributed by atoms with Crippen LogP contribution in [-0.2, 0) is 0 Å². The van der Waals surface area contributed by atoms with Crippen LogP contribution in [0.15, 0.2) is 54.6 Å². The number of hydrogen-bond acceptors (Lipinski definition) is 2. The molecular formula is C21H25NO2. The number of carbonyl (C=O) groups excluding carboxylic acids is 1. The van der Waals surface area contributed by atoms with E-state index in [9.17, 15) is 4.79 Å². The molecule has 126 valence electrons. The molecule has 3 nitrogen and oxygen atoms in total. The summed E-state index contributed by atoms with van der Waals surface area (Å²) in [6.07, 6.45) is 3.53. The molecule has 0 aliphatic heterocycles. The molecule has 0 spiro atoms. The van der Waals surface area contributed by atoms with E-state index in [1.807, 2.05) is 54.6 Å². The van der Waals surface area contributed by atoms with Gasteiger partial charge in [-0.05, 0) is 54.7 Å². The standard InChI is InChI=1S/C21H25NO2/c1-15-7-6-10-20(16(15)2)22-21(23)17-11-13-19(14-12-17)24-18-8-4-3-5-9-18/h3-5,8-9,11-16,20H,6-7,10H2,1-2H3,(H,22,23)/t15-,16-,20+/m1/s1. The van der Waals surface area contributed by atoms with Crippen LogP contribution in [0.1, 0.15) is 43.5 Å². The predicted octanol–water partition coefficient (Wildman–Crippen LogP) is 5.03. The molecule has 0 bridgehead atoms. The van der Waals surface area contributed by atoms with Crippen LogP contribution in [0.5, 0.6) is 11.5 Å². The van der Waals surface area contributed by atoms with Gasteiger partial charge in [-0.2, -0.15) is 0 Å². The summed E-state index contributed by atoms with van der Waals surface area (Å²) in [6, 6.07) is 17.2. The molecule has 1 aliphatic carbocycles. The topological polar surface area (TPSA) is 38.3 Å². The summed E-state index contributed by atoms with van der Waals surface area (Å²) in [5, 5.41) is 3.20. The Kier molecular flexibility index (Phi) is 5.19. The predicted molar refractivity (Wildman–Crippen MR) is 96.4 cm³/mol. The maximum Gasteiger partial charge on any atom is 0.251 e. The fraction of sp³-hybridized carbons (Fsp3) is 0.381. The zero-order chi connectivity index (χ0) is 16.9. The van der Waals surface area contributed by atoms with Gasteiger partial charge in [-0.1, -0.05) is 44.9 Å². The van der Waals surface area contributed by atoms with E-state index in [0.29, 0.717) is 17.4 Å². The average molecular weight is 323 g/mol. The molecule has 0 radical (unpaired) electrons. The third kappa shape index (κ3) is 3.97. The van der Waals surface area contributed by atoms with Crippen molar-refractivity contribution in [1.29, 1.82) is 0 Å². The van der Waals surface area contributed by atoms with Crippen LogP contribution < -0.4 is 10.1 Å². The van der Waals surface area contributed by atoms with Crippen LogP contribution in [0, 0.1) is 11.8 Å². The molecule has 3 rings (SSSR count). The first-order chi connectivity index (χ1) is 11.6. The fourth-order valence-electron chi connectivity index (χ4n) is 3.34. The number of benzene rings is 2. The van der Waals surface area contributed by atoms with Gasteiger partial charge in [0.1, 0.15) is 11.5 Å². The third-order valence-corrected chi connectivity index (χ3v) is 5.12. The summed E-state index contributed by atoms with van der Waals surface area (Å²) < 4.78 is 5.76. The second-order valence-electron chi connectivity index (χ2n) is 6.79. The quantitative estimate of drug-likeness (QED) is 0.856. The van der Waals surface area contributed by atoms with Gasteiger partial charge in [0.2, 0.25) is 0 Å². The number of carbonyl (C=O) groups is 1. The number of para-hydroxylation sites is 1. The van der Waals surface area contributed by atoms with Crippen LogP contribution in [0.2, 0.25) is 0 Å². The lowest BCUT2D eigenvalue weighted by Gasteiger charge is -2.34. The van der Waals surface area contributed by atoms with Crippen molar-refractivity contribution in [2.24, 2.45) is 11.8 Å². The zero-order valence-electron chi connectivity index (χ0n) is 14.4. The van der Waals surface area contributed by atoms with Crippen LogP contribution in [0.25, 0.3) is 0 Å². The summed E-state index contributed by atoms with van der Waals surface area (Å²) >= 11 is 0. The Hall–Kier alpha value is -2.29. The van der Waals surface area contributed by atoms with Crippen molar-refractivity contribution in [2.45, 2.75) is 39.2 Å². The van der Waals surface area contributed by atoms with Crippen LogP contribution in [0.4, 0.5) is 0 Å². The molecule has 24 heavy (non-hydrogen) atoms. The van der Waals surface area contributed by atoms with Gasteiger partial charge < -0.3 is 10.1 Å². The number of rotatable bonds is 4. The van der Waals surface area contributed by atoms with Gasteiger partial charge in [0, 0.05) is 11.6 Å². The highest BCUT2D eigenvalue weighted by atomic mass is 16.5. The lowest BCUT2D eigenvalue weighted by molar-refractivity contribution is 0.0891. The minimum Gasteiger partial charge on any atom is -0.457 e. The van der Waals surface area contributed by atoms with Gasteiger partial charge in [0.25, 0.3) is 5.91 Å². The molecule has 3 heteroatoms. The number of amides is 1. The lowest BCUT2D eigenvalue weighted by atomic mass is 9.78. The Bertz CT molecular complexity index is 666. The summed E-state index contributed by atoms with van der Waals surface area (Å²) in [5.74, 6) is 2.73. The molecule has 1 amide bonds. The molecule has 1 saturated carbocycles. The van der Waals surface area contributed by atoms with Crippen molar-refractivity contribution in [1.82, 2.24) is 5.32 Å². The summed E-state index contributed by atoms with van der Waals surface area (Å²) in [6.45, 7) is 4.52. The van der Waals surface area contributed by atoms with Crippen molar-refractivity contribution in [3.05, 3.63) is 60.2 Å². The molecule has 1 N–H and O–H groups in total. The molecule has 2 aromatic rings. The minimum absolute atomic E-state index is 0.00668. The van der Waals surface area contributed by atoms with Gasteiger partial charge in [-0.25, -0.2) is 0 Å². The molecule has 0 unspecified atom stereocenters. The maximum atomic E-state index is 12.5. The smallest absolute Gasteiger partial charge is 0.251 e. The monoisotopic (exact) mass is 323 g/mol. The van der Waals surface area contributed by atoms with E-state index in [4.69, 9.17) is 4.74 Å². The highest BCUT2D eigenvalue weighted by Crippen LogP contribution is 2.29. The number of nitrogens with one attached hydrogen (secondary N) is 1. The van der Waals surface area contributed by atoms with Crippen molar-refractivity contribution in [3.8, 4) is 11.5 Å².